The lowest BCUT2D eigenvalue weighted by atomic mass is 10.1. The highest BCUT2D eigenvalue weighted by atomic mass is 32.2. The van der Waals surface area contributed by atoms with Crippen LogP contribution in [0, 0.1) is 13.8 Å². The molecule has 0 bridgehead atoms. The molecule has 0 atom stereocenters. The van der Waals surface area contributed by atoms with Gasteiger partial charge in [0, 0.05) is 17.8 Å². The fraction of sp³-hybridized carbons (Fsp3) is 0.240. The Morgan fingerprint density at radius 2 is 1.58 bits per heavy atom. The second kappa shape index (κ2) is 9.79. The second-order valence-electron chi connectivity index (χ2n) is 7.63. The summed E-state index contributed by atoms with van der Waals surface area (Å²) in [6.07, 6.45) is 1.71. The summed E-state index contributed by atoms with van der Waals surface area (Å²) < 4.78 is 27.8. The number of carbonyl (C=O) groups is 1. The van der Waals surface area contributed by atoms with E-state index < -0.39 is 10.0 Å². The molecule has 3 aromatic carbocycles. The highest BCUT2D eigenvalue weighted by Crippen LogP contribution is 2.22. The summed E-state index contributed by atoms with van der Waals surface area (Å²) in [5.41, 5.74) is 5.54. The van der Waals surface area contributed by atoms with Crippen LogP contribution in [0.2, 0.25) is 0 Å². The molecule has 2 N–H and O–H groups in total. The Labute approximate surface area is 184 Å². The lowest BCUT2D eigenvalue weighted by Gasteiger charge is -2.13. The molecule has 5 nitrogen and oxygen atoms in total. The van der Waals surface area contributed by atoms with E-state index in [2.05, 4.69) is 17.0 Å². The molecule has 0 aliphatic rings. The molecule has 0 spiro atoms. The summed E-state index contributed by atoms with van der Waals surface area (Å²) in [6.45, 7) is 5.99. The van der Waals surface area contributed by atoms with Crippen molar-refractivity contribution >= 4 is 27.3 Å². The van der Waals surface area contributed by atoms with Gasteiger partial charge in [0.25, 0.3) is 10.0 Å². The average molecular weight is 437 g/mol. The first-order valence-electron chi connectivity index (χ1n) is 10.4. The van der Waals surface area contributed by atoms with E-state index in [1.807, 2.05) is 44.2 Å². The van der Waals surface area contributed by atoms with Crippen LogP contribution in [0.5, 0.6) is 0 Å². The molecule has 0 aromatic heterocycles. The van der Waals surface area contributed by atoms with E-state index in [4.69, 9.17) is 0 Å². The molecule has 0 radical (unpaired) electrons. The van der Waals surface area contributed by atoms with Crippen LogP contribution in [0.15, 0.2) is 71.6 Å². The van der Waals surface area contributed by atoms with E-state index in [0.29, 0.717) is 18.5 Å². The Morgan fingerprint density at radius 1 is 0.903 bits per heavy atom. The van der Waals surface area contributed by atoms with Crippen molar-refractivity contribution in [1.29, 1.82) is 0 Å². The van der Waals surface area contributed by atoms with Crippen LogP contribution >= 0.6 is 0 Å². The average Bonchev–Trinajstić information content (AvgIpc) is 2.75. The van der Waals surface area contributed by atoms with Gasteiger partial charge in [-0.2, -0.15) is 0 Å². The molecule has 6 heteroatoms. The number of hydrogen-bond acceptors (Lipinski definition) is 3. The van der Waals surface area contributed by atoms with Gasteiger partial charge >= 0.3 is 0 Å². The van der Waals surface area contributed by atoms with E-state index in [9.17, 15) is 13.2 Å². The molecule has 1 amide bonds. The molecule has 0 heterocycles. The zero-order chi connectivity index (χ0) is 22.4. The van der Waals surface area contributed by atoms with Gasteiger partial charge < -0.3 is 5.32 Å². The van der Waals surface area contributed by atoms with Gasteiger partial charge in [0.1, 0.15) is 0 Å². The number of amides is 1. The smallest absolute Gasteiger partial charge is 0.261 e. The molecular weight excluding hydrogens is 408 g/mol. The van der Waals surface area contributed by atoms with Crippen LogP contribution in [-0.4, -0.2) is 14.3 Å². The van der Waals surface area contributed by atoms with Gasteiger partial charge in [-0.1, -0.05) is 55.0 Å². The van der Waals surface area contributed by atoms with Crippen molar-refractivity contribution in [1.82, 2.24) is 0 Å². The predicted octanol–water partition coefficient (Wildman–Crippen LogP) is 5.24. The summed E-state index contributed by atoms with van der Waals surface area (Å²) in [6, 6.07) is 19.8. The first-order valence-corrected chi connectivity index (χ1v) is 11.8. The molecule has 3 aromatic rings. The number of benzene rings is 3. The lowest BCUT2D eigenvalue weighted by molar-refractivity contribution is -0.116. The van der Waals surface area contributed by atoms with E-state index in [0.717, 1.165) is 34.4 Å². The fourth-order valence-electron chi connectivity index (χ4n) is 3.33. The molecule has 0 aliphatic heterocycles. The maximum atomic E-state index is 12.6. The zero-order valence-corrected chi connectivity index (χ0v) is 18.9. The fourth-order valence-corrected chi connectivity index (χ4v) is 4.39. The molecule has 0 saturated heterocycles. The third kappa shape index (κ3) is 5.95. The molecule has 0 fully saturated rings. The minimum atomic E-state index is -3.66. The summed E-state index contributed by atoms with van der Waals surface area (Å²) in [4.78, 5) is 12.6. The molecule has 3 rings (SSSR count). The Morgan fingerprint density at radius 3 is 2.23 bits per heavy atom. The van der Waals surface area contributed by atoms with Crippen molar-refractivity contribution in [3.05, 3.63) is 89.0 Å². The third-order valence-electron chi connectivity index (χ3n) is 5.18. The van der Waals surface area contributed by atoms with Crippen molar-refractivity contribution in [2.75, 3.05) is 10.0 Å². The monoisotopic (exact) mass is 436 g/mol. The molecular formula is C25H28N2O3S. The minimum absolute atomic E-state index is 0.0539. The van der Waals surface area contributed by atoms with E-state index in [1.54, 1.807) is 36.4 Å². The maximum absolute atomic E-state index is 12.6. The van der Waals surface area contributed by atoms with Crippen LogP contribution in [0.3, 0.4) is 0 Å². The van der Waals surface area contributed by atoms with Crippen molar-refractivity contribution in [2.45, 2.75) is 44.9 Å². The molecule has 0 unspecified atom stereocenters. The van der Waals surface area contributed by atoms with Gasteiger partial charge in [0.2, 0.25) is 5.91 Å². The topological polar surface area (TPSA) is 75.3 Å². The Kier molecular flexibility index (Phi) is 7.13. The van der Waals surface area contributed by atoms with Gasteiger partial charge in [-0.3, -0.25) is 9.52 Å². The number of rotatable bonds is 8. The van der Waals surface area contributed by atoms with E-state index in [1.165, 1.54) is 0 Å². The Balaban J connectivity index is 1.60. The van der Waals surface area contributed by atoms with Crippen molar-refractivity contribution in [3.8, 4) is 0 Å². The van der Waals surface area contributed by atoms with Crippen LogP contribution < -0.4 is 10.0 Å². The first-order chi connectivity index (χ1) is 14.8. The second-order valence-corrected chi connectivity index (χ2v) is 9.31. The van der Waals surface area contributed by atoms with Crippen LogP contribution in [-0.2, 0) is 27.7 Å². The standard InChI is InChI=1S/C25H28N2O3S/c1-4-21-7-5-6-19(3)25(21)26-24(28)17-12-20-10-15-23(16-11-20)31(29,30)27-22-13-8-18(2)9-14-22/h5-11,13-16,27H,4,12,17H2,1-3H3,(H,26,28). The lowest BCUT2D eigenvalue weighted by Crippen LogP contribution is -2.15. The van der Waals surface area contributed by atoms with Crippen molar-refractivity contribution < 1.29 is 13.2 Å². The first kappa shape index (κ1) is 22.6. The van der Waals surface area contributed by atoms with Gasteiger partial charge in [0.15, 0.2) is 0 Å². The normalized spacial score (nSPS) is 11.2. The van der Waals surface area contributed by atoms with Crippen LogP contribution in [0.25, 0.3) is 0 Å². The number of carbonyl (C=O) groups excluding carboxylic acids is 1. The zero-order valence-electron chi connectivity index (χ0n) is 18.1. The Hall–Kier alpha value is -3.12. The van der Waals surface area contributed by atoms with Crippen LogP contribution in [0.4, 0.5) is 11.4 Å². The number of anilines is 2. The summed E-state index contributed by atoms with van der Waals surface area (Å²) >= 11 is 0. The highest BCUT2D eigenvalue weighted by Gasteiger charge is 2.14. The summed E-state index contributed by atoms with van der Waals surface area (Å²) in [5.74, 6) is -0.0539. The largest absolute Gasteiger partial charge is 0.326 e. The maximum Gasteiger partial charge on any atom is 0.261 e. The minimum Gasteiger partial charge on any atom is -0.326 e. The van der Waals surface area contributed by atoms with E-state index >= 15 is 0 Å². The van der Waals surface area contributed by atoms with Gasteiger partial charge in [0.05, 0.1) is 4.90 Å². The van der Waals surface area contributed by atoms with Gasteiger partial charge in [-0.05, 0) is 67.6 Å². The number of para-hydroxylation sites is 1. The molecule has 31 heavy (non-hydrogen) atoms. The number of nitrogens with one attached hydrogen (secondary N) is 2. The van der Waals surface area contributed by atoms with Crippen molar-refractivity contribution in [2.24, 2.45) is 0 Å². The van der Waals surface area contributed by atoms with E-state index in [-0.39, 0.29) is 10.8 Å². The third-order valence-corrected chi connectivity index (χ3v) is 6.58. The SMILES string of the molecule is CCc1cccc(C)c1NC(=O)CCc1ccc(S(=O)(=O)Nc2ccc(C)cc2)cc1. The molecule has 162 valence electrons. The summed E-state index contributed by atoms with van der Waals surface area (Å²) in [7, 11) is -3.66. The predicted molar refractivity (Wildman–Crippen MR) is 126 cm³/mol. The number of aryl methyl sites for hydroxylation is 4. The Bertz CT molecular complexity index is 1150. The van der Waals surface area contributed by atoms with Crippen molar-refractivity contribution in [3.63, 3.8) is 0 Å². The quantitative estimate of drug-likeness (QED) is 0.507. The molecule has 0 saturated carbocycles. The molecule has 0 aliphatic carbocycles. The number of hydrogen-bond donors (Lipinski definition) is 2. The van der Waals surface area contributed by atoms with Gasteiger partial charge in [-0.15, -0.1) is 0 Å². The van der Waals surface area contributed by atoms with Crippen LogP contribution in [0.1, 0.15) is 35.6 Å². The summed E-state index contributed by atoms with van der Waals surface area (Å²) in [5, 5.41) is 3.02. The van der Waals surface area contributed by atoms with Gasteiger partial charge in [-0.25, -0.2) is 8.42 Å². The highest BCUT2D eigenvalue weighted by molar-refractivity contribution is 7.92. The number of sulfonamides is 1.